The van der Waals surface area contributed by atoms with Crippen LogP contribution in [0.2, 0.25) is 0 Å². The van der Waals surface area contributed by atoms with Crippen LogP contribution in [-0.4, -0.2) is 41.9 Å². The maximum absolute atomic E-state index is 12.5. The van der Waals surface area contributed by atoms with Crippen molar-refractivity contribution in [3.63, 3.8) is 0 Å². The van der Waals surface area contributed by atoms with E-state index in [4.69, 9.17) is 9.47 Å². The number of nitrogens with zero attached hydrogens (tertiary/aromatic N) is 2. The number of benzene rings is 1. The second-order valence-corrected chi connectivity index (χ2v) is 6.49. The highest BCUT2D eigenvalue weighted by atomic mass is 32.2. The van der Waals surface area contributed by atoms with E-state index in [1.807, 2.05) is 24.3 Å². The lowest BCUT2D eigenvalue weighted by molar-refractivity contribution is -0.137. The van der Waals surface area contributed by atoms with E-state index in [-0.39, 0.29) is 5.91 Å². The zero-order valence-electron chi connectivity index (χ0n) is 13.7. The second kappa shape index (κ2) is 6.68. The number of allylic oxidation sites excluding steroid dienone is 1. The zero-order chi connectivity index (χ0) is 17.3. The third-order valence-electron chi connectivity index (χ3n) is 4.04. The summed E-state index contributed by atoms with van der Waals surface area (Å²) in [6.07, 6.45) is 0.420. The number of thioether (sulfide) groups is 1. The van der Waals surface area contributed by atoms with Gasteiger partial charge in [-0.15, -0.1) is 0 Å². The predicted molar refractivity (Wildman–Crippen MR) is 91.8 cm³/mol. The molecule has 0 radical (unpaired) electrons. The number of aliphatic imine (C=N–C) groups is 1. The van der Waals surface area contributed by atoms with Gasteiger partial charge >= 0.3 is 5.97 Å². The van der Waals surface area contributed by atoms with Crippen LogP contribution in [0.3, 0.4) is 0 Å². The summed E-state index contributed by atoms with van der Waals surface area (Å²) >= 11 is 1.53. The molecule has 0 spiro atoms. The highest BCUT2D eigenvalue weighted by Crippen LogP contribution is 2.40. The van der Waals surface area contributed by atoms with Crippen molar-refractivity contribution in [3.8, 4) is 5.75 Å². The first-order chi connectivity index (χ1) is 11.6. The third-order valence-corrected chi connectivity index (χ3v) is 5.00. The van der Waals surface area contributed by atoms with Crippen molar-refractivity contribution >= 4 is 28.8 Å². The van der Waals surface area contributed by atoms with Gasteiger partial charge in [-0.3, -0.25) is 9.69 Å². The minimum Gasteiger partial charge on any atom is -0.497 e. The molecule has 24 heavy (non-hydrogen) atoms. The van der Waals surface area contributed by atoms with Crippen LogP contribution in [-0.2, 0) is 14.3 Å². The van der Waals surface area contributed by atoms with Crippen molar-refractivity contribution in [3.05, 3.63) is 41.1 Å². The molecule has 2 heterocycles. The molecule has 0 saturated carbocycles. The number of ether oxygens (including phenoxy) is 2. The van der Waals surface area contributed by atoms with E-state index in [9.17, 15) is 9.59 Å². The molecule has 1 amide bonds. The second-order valence-electron chi connectivity index (χ2n) is 5.42. The molecule has 1 saturated heterocycles. The van der Waals surface area contributed by atoms with E-state index in [0.717, 1.165) is 5.56 Å². The van der Waals surface area contributed by atoms with E-state index in [1.165, 1.54) is 18.9 Å². The van der Waals surface area contributed by atoms with Gasteiger partial charge in [0.2, 0.25) is 5.91 Å². The lowest BCUT2D eigenvalue weighted by atomic mass is 9.94. The van der Waals surface area contributed by atoms with E-state index in [1.54, 1.807) is 18.9 Å². The summed E-state index contributed by atoms with van der Waals surface area (Å²) in [6.45, 7) is 1.77. The highest BCUT2D eigenvalue weighted by Gasteiger charge is 2.41. The number of carbonyl (C=O) groups excluding carboxylic acids is 2. The number of amidine groups is 1. The monoisotopic (exact) mass is 346 g/mol. The van der Waals surface area contributed by atoms with Gasteiger partial charge in [-0.05, 0) is 24.6 Å². The maximum atomic E-state index is 12.5. The van der Waals surface area contributed by atoms with Gasteiger partial charge in [0.15, 0.2) is 5.17 Å². The van der Waals surface area contributed by atoms with Crippen LogP contribution in [0.15, 0.2) is 40.5 Å². The van der Waals surface area contributed by atoms with Crippen molar-refractivity contribution in [2.45, 2.75) is 19.4 Å². The van der Waals surface area contributed by atoms with Gasteiger partial charge in [-0.1, -0.05) is 23.9 Å². The fourth-order valence-electron chi connectivity index (χ4n) is 2.87. The molecule has 7 heteroatoms. The standard InChI is InChI=1S/C17H18N2O4S/c1-10-14(16(21)23-3)15(11-4-6-12(22-2)7-5-11)19-13(20)8-9-24-17(19)18-10/h4-7,15H,8-9H2,1-3H3/t15-/m1/s1. The van der Waals surface area contributed by atoms with Gasteiger partial charge in [-0.25, -0.2) is 9.79 Å². The number of methoxy groups -OCH3 is 2. The zero-order valence-corrected chi connectivity index (χ0v) is 14.6. The van der Waals surface area contributed by atoms with Gasteiger partial charge in [0.05, 0.1) is 31.5 Å². The van der Waals surface area contributed by atoms with Crippen LogP contribution in [0.5, 0.6) is 5.75 Å². The fourth-order valence-corrected chi connectivity index (χ4v) is 3.88. The normalized spacial score (nSPS) is 20.5. The Morgan fingerprint density at radius 1 is 1.29 bits per heavy atom. The van der Waals surface area contributed by atoms with Crippen LogP contribution < -0.4 is 4.74 Å². The number of carbonyl (C=O) groups is 2. The number of esters is 1. The Labute approximate surface area is 144 Å². The SMILES string of the molecule is COC(=O)C1=C(C)N=C2SCCC(=O)N2[C@@H]1c1ccc(OC)cc1. The Hall–Kier alpha value is -2.28. The van der Waals surface area contributed by atoms with Crippen molar-refractivity contribution in [1.82, 2.24) is 4.90 Å². The Morgan fingerprint density at radius 3 is 2.62 bits per heavy atom. The Balaban J connectivity index is 2.13. The smallest absolute Gasteiger partial charge is 0.338 e. The topological polar surface area (TPSA) is 68.2 Å². The molecule has 0 unspecified atom stereocenters. The Bertz CT molecular complexity index is 739. The van der Waals surface area contributed by atoms with Crippen LogP contribution in [0, 0.1) is 0 Å². The predicted octanol–water partition coefficient (Wildman–Crippen LogP) is 2.52. The largest absolute Gasteiger partial charge is 0.497 e. The van der Waals surface area contributed by atoms with Crippen molar-refractivity contribution in [2.24, 2.45) is 4.99 Å². The van der Waals surface area contributed by atoms with Crippen LogP contribution in [0.25, 0.3) is 0 Å². The lowest BCUT2D eigenvalue weighted by Crippen LogP contribution is -2.45. The Morgan fingerprint density at radius 2 is 2.00 bits per heavy atom. The van der Waals surface area contributed by atoms with Gasteiger partial charge in [0.1, 0.15) is 5.75 Å². The first-order valence-electron chi connectivity index (χ1n) is 7.53. The number of fused-ring (bicyclic) bond motifs is 1. The van der Waals surface area contributed by atoms with Crippen LogP contribution in [0.1, 0.15) is 24.9 Å². The van der Waals surface area contributed by atoms with Gasteiger partial charge < -0.3 is 9.47 Å². The van der Waals surface area contributed by atoms with Crippen LogP contribution in [0.4, 0.5) is 0 Å². The molecule has 0 N–H and O–H groups in total. The van der Waals surface area contributed by atoms with Crippen molar-refractivity contribution in [2.75, 3.05) is 20.0 Å². The first-order valence-corrected chi connectivity index (χ1v) is 8.52. The third kappa shape index (κ3) is 2.80. The Kier molecular flexibility index (Phi) is 4.62. The molecule has 0 aromatic heterocycles. The van der Waals surface area contributed by atoms with Crippen LogP contribution >= 0.6 is 11.8 Å². The number of amides is 1. The van der Waals surface area contributed by atoms with Crippen molar-refractivity contribution < 1.29 is 19.1 Å². The summed E-state index contributed by atoms with van der Waals surface area (Å²) in [4.78, 5) is 30.9. The molecule has 3 rings (SSSR count). The molecule has 1 aromatic carbocycles. The summed E-state index contributed by atoms with van der Waals surface area (Å²) < 4.78 is 10.1. The minimum atomic E-state index is -0.531. The molecule has 0 bridgehead atoms. The number of hydrogen-bond donors (Lipinski definition) is 0. The lowest BCUT2D eigenvalue weighted by Gasteiger charge is -2.38. The molecular weight excluding hydrogens is 328 g/mol. The average molecular weight is 346 g/mol. The fraction of sp³-hybridized carbons (Fsp3) is 0.353. The quantitative estimate of drug-likeness (QED) is 0.787. The minimum absolute atomic E-state index is 0.0396. The molecule has 1 aromatic rings. The molecular formula is C17H18N2O4S. The first kappa shape index (κ1) is 16.6. The molecule has 1 fully saturated rings. The molecule has 0 aliphatic carbocycles. The summed E-state index contributed by atoms with van der Waals surface area (Å²) in [6, 6.07) is 6.81. The molecule has 6 nitrogen and oxygen atoms in total. The molecule has 2 aliphatic heterocycles. The maximum Gasteiger partial charge on any atom is 0.338 e. The molecule has 126 valence electrons. The van der Waals surface area contributed by atoms with E-state index in [0.29, 0.717) is 34.4 Å². The van der Waals surface area contributed by atoms with Crippen molar-refractivity contribution in [1.29, 1.82) is 0 Å². The summed E-state index contributed by atoms with van der Waals surface area (Å²) in [5, 5.41) is 0.636. The van der Waals surface area contributed by atoms with Gasteiger partial charge in [0.25, 0.3) is 0 Å². The molecule has 1 atom stereocenters. The summed E-state index contributed by atoms with van der Waals surface area (Å²) in [5.74, 6) is 0.898. The highest BCUT2D eigenvalue weighted by molar-refractivity contribution is 8.14. The van der Waals surface area contributed by atoms with E-state index < -0.39 is 12.0 Å². The van der Waals surface area contributed by atoms with E-state index >= 15 is 0 Å². The number of rotatable bonds is 3. The van der Waals surface area contributed by atoms with E-state index in [2.05, 4.69) is 4.99 Å². The average Bonchev–Trinajstić information content (AvgIpc) is 2.60. The summed E-state index contributed by atoms with van der Waals surface area (Å²) in [7, 11) is 2.93. The molecule has 2 aliphatic rings. The number of hydrogen-bond acceptors (Lipinski definition) is 6. The summed E-state index contributed by atoms with van der Waals surface area (Å²) in [5.41, 5.74) is 1.79. The van der Waals surface area contributed by atoms with Gasteiger partial charge in [0, 0.05) is 12.2 Å². The van der Waals surface area contributed by atoms with Gasteiger partial charge in [-0.2, -0.15) is 0 Å².